The topological polar surface area (TPSA) is 70.7 Å². The number of amides is 1. The average Bonchev–Trinajstić information content (AvgIpc) is 2.98. The van der Waals surface area contributed by atoms with Crippen molar-refractivity contribution >= 4 is 5.91 Å². The Bertz CT molecular complexity index is 472. The first-order valence-electron chi connectivity index (χ1n) is 6.68. The molecule has 2 N–H and O–H groups in total. The van der Waals surface area contributed by atoms with E-state index in [0.29, 0.717) is 5.92 Å². The number of nitrogens with one attached hydrogen (secondary N) is 2. The van der Waals surface area contributed by atoms with E-state index in [9.17, 15) is 18.0 Å². The molecule has 1 aliphatic rings. The lowest BCUT2D eigenvalue weighted by Gasteiger charge is -2.02. The molecule has 1 aliphatic carbocycles. The summed E-state index contributed by atoms with van der Waals surface area (Å²) in [7, 11) is 0. The molecule has 1 fully saturated rings. The van der Waals surface area contributed by atoms with Gasteiger partial charge in [0.05, 0.1) is 6.54 Å². The van der Waals surface area contributed by atoms with Crippen molar-refractivity contribution in [1.82, 2.24) is 20.5 Å². The number of nitrogens with zero attached hydrogens (tertiary/aromatic N) is 2. The van der Waals surface area contributed by atoms with Gasteiger partial charge >= 0.3 is 6.18 Å². The minimum absolute atomic E-state index is 0.00607. The van der Waals surface area contributed by atoms with Crippen molar-refractivity contribution in [3.8, 4) is 0 Å². The van der Waals surface area contributed by atoms with E-state index in [1.165, 1.54) is 0 Å². The van der Waals surface area contributed by atoms with Crippen LogP contribution in [-0.2, 0) is 17.5 Å². The van der Waals surface area contributed by atoms with Gasteiger partial charge in [-0.3, -0.25) is 9.89 Å². The number of carbonyl (C=O) groups is 1. The number of carbonyl (C=O) groups excluding carboxylic acids is 1. The predicted octanol–water partition coefficient (Wildman–Crippen LogP) is 2.27. The molecule has 0 aliphatic heterocycles. The van der Waals surface area contributed by atoms with E-state index in [1.807, 2.05) is 0 Å². The first-order valence-corrected chi connectivity index (χ1v) is 6.68. The standard InChI is InChI=1S/C12H17F3N4O/c1-2-3-4-7-5-8(7)10(20)16-6-9-17-11(19-18-9)12(13,14)15/h7-8H,2-6H2,1H3,(H,16,20)(H,17,18,19). The lowest BCUT2D eigenvalue weighted by atomic mass is 10.1. The van der Waals surface area contributed by atoms with Gasteiger partial charge in [0.25, 0.3) is 5.82 Å². The molecule has 112 valence electrons. The lowest BCUT2D eigenvalue weighted by molar-refractivity contribution is -0.144. The van der Waals surface area contributed by atoms with Crippen molar-refractivity contribution in [2.75, 3.05) is 0 Å². The molecule has 1 aromatic heterocycles. The second kappa shape index (κ2) is 5.80. The Morgan fingerprint density at radius 3 is 2.85 bits per heavy atom. The Balaban J connectivity index is 1.76. The average molecular weight is 290 g/mol. The molecular weight excluding hydrogens is 273 g/mol. The zero-order valence-corrected chi connectivity index (χ0v) is 11.1. The molecule has 1 heterocycles. The second-order valence-corrected chi connectivity index (χ2v) is 5.07. The van der Waals surface area contributed by atoms with Gasteiger partial charge in [0.2, 0.25) is 5.91 Å². The summed E-state index contributed by atoms with van der Waals surface area (Å²) in [5, 5.41) is 7.84. The first-order chi connectivity index (χ1) is 9.41. The van der Waals surface area contributed by atoms with Crippen LogP contribution in [0.5, 0.6) is 0 Å². The fourth-order valence-corrected chi connectivity index (χ4v) is 2.16. The minimum Gasteiger partial charge on any atom is -0.349 e. The number of alkyl halides is 3. The third-order valence-electron chi connectivity index (χ3n) is 3.40. The van der Waals surface area contributed by atoms with Crippen molar-refractivity contribution < 1.29 is 18.0 Å². The van der Waals surface area contributed by atoms with Gasteiger partial charge in [-0.05, 0) is 18.8 Å². The summed E-state index contributed by atoms with van der Waals surface area (Å²) >= 11 is 0. The SMILES string of the molecule is CCCCC1CC1C(=O)NCc1nc(C(F)(F)F)n[nH]1. The summed E-state index contributed by atoms with van der Waals surface area (Å²) in [5.41, 5.74) is 0. The highest BCUT2D eigenvalue weighted by Gasteiger charge is 2.42. The maximum absolute atomic E-state index is 12.3. The van der Waals surface area contributed by atoms with E-state index >= 15 is 0 Å². The molecule has 2 rings (SSSR count). The molecule has 0 spiro atoms. The molecule has 2 unspecified atom stereocenters. The van der Waals surface area contributed by atoms with Gasteiger partial charge in [-0.2, -0.15) is 13.2 Å². The molecule has 5 nitrogen and oxygen atoms in total. The molecule has 0 saturated heterocycles. The van der Waals surface area contributed by atoms with Crippen LogP contribution in [0.2, 0.25) is 0 Å². The van der Waals surface area contributed by atoms with E-state index in [-0.39, 0.29) is 24.2 Å². The number of hydrogen-bond donors (Lipinski definition) is 2. The van der Waals surface area contributed by atoms with Crippen LogP contribution in [0.1, 0.15) is 44.3 Å². The number of halogens is 3. The van der Waals surface area contributed by atoms with Gasteiger partial charge in [0.15, 0.2) is 0 Å². The van der Waals surface area contributed by atoms with Crippen molar-refractivity contribution in [3.05, 3.63) is 11.6 Å². The Morgan fingerprint density at radius 1 is 1.50 bits per heavy atom. The van der Waals surface area contributed by atoms with Crippen LogP contribution in [0.15, 0.2) is 0 Å². The van der Waals surface area contributed by atoms with Crippen LogP contribution in [0, 0.1) is 11.8 Å². The maximum atomic E-state index is 12.3. The molecular formula is C12H17F3N4O. The lowest BCUT2D eigenvalue weighted by Crippen LogP contribution is -2.25. The van der Waals surface area contributed by atoms with E-state index in [1.54, 1.807) is 0 Å². The van der Waals surface area contributed by atoms with Crippen LogP contribution >= 0.6 is 0 Å². The van der Waals surface area contributed by atoms with Crippen LogP contribution in [-0.4, -0.2) is 21.1 Å². The van der Waals surface area contributed by atoms with Gasteiger partial charge in [-0.1, -0.05) is 19.8 Å². The normalized spacial score (nSPS) is 21.8. The third-order valence-corrected chi connectivity index (χ3v) is 3.40. The zero-order chi connectivity index (χ0) is 14.8. The molecule has 8 heteroatoms. The monoisotopic (exact) mass is 290 g/mol. The fourth-order valence-electron chi connectivity index (χ4n) is 2.16. The summed E-state index contributed by atoms with van der Waals surface area (Å²) in [5.74, 6) is -0.886. The van der Waals surface area contributed by atoms with Crippen molar-refractivity contribution in [3.63, 3.8) is 0 Å². The zero-order valence-electron chi connectivity index (χ0n) is 11.1. The molecule has 0 aromatic carbocycles. The van der Waals surface area contributed by atoms with Gasteiger partial charge < -0.3 is 5.32 Å². The molecule has 20 heavy (non-hydrogen) atoms. The third kappa shape index (κ3) is 3.71. The summed E-state index contributed by atoms with van der Waals surface area (Å²) in [6, 6.07) is 0. The molecule has 1 saturated carbocycles. The van der Waals surface area contributed by atoms with Crippen LogP contribution in [0.4, 0.5) is 13.2 Å². The molecule has 2 atom stereocenters. The predicted molar refractivity (Wildman–Crippen MR) is 64.4 cm³/mol. The summed E-state index contributed by atoms with van der Waals surface area (Å²) < 4.78 is 36.8. The highest BCUT2D eigenvalue weighted by Crippen LogP contribution is 2.42. The van der Waals surface area contributed by atoms with E-state index in [2.05, 4.69) is 27.4 Å². The number of hydrogen-bond acceptors (Lipinski definition) is 3. The molecule has 0 radical (unpaired) electrons. The largest absolute Gasteiger partial charge is 0.453 e. The first kappa shape index (κ1) is 14.8. The minimum atomic E-state index is -4.57. The van der Waals surface area contributed by atoms with Crippen molar-refractivity contribution in [1.29, 1.82) is 0 Å². The number of rotatable bonds is 6. The Kier molecular flexibility index (Phi) is 4.29. The van der Waals surface area contributed by atoms with E-state index in [0.717, 1.165) is 25.7 Å². The fraction of sp³-hybridized carbons (Fsp3) is 0.750. The Morgan fingerprint density at radius 2 is 2.25 bits per heavy atom. The van der Waals surface area contributed by atoms with E-state index in [4.69, 9.17) is 0 Å². The summed E-state index contributed by atoms with van der Waals surface area (Å²) in [6.45, 7) is 2.04. The number of unbranched alkanes of at least 4 members (excludes halogenated alkanes) is 1. The van der Waals surface area contributed by atoms with Crippen LogP contribution in [0.25, 0.3) is 0 Å². The highest BCUT2D eigenvalue weighted by molar-refractivity contribution is 5.81. The van der Waals surface area contributed by atoms with Gasteiger partial charge in [0.1, 0.15) is 5.82 Å². The van der Waals surface area contributed by atoms with E-state index < -0.39 is 12.0 Å². The molecule has 1 aromatic rings. The highest BCUT2D eigenvalue weighted by atomic mass is 19.4. The Hall–Kier alpha value is -1.60. The van der Waals surface area contributed by atoms with Crippen molar-refractivity contribution in [2.24, 2.45) is 11.8 Å². The molecule has 0 bridgehead atoms. The number of aromatic nitrogens is 3. The quantitative estimate of drug-likeness (QED) is 0.844. The van der Waals surface area contributed by atoms with Crippen molar-refractivity contribution in [2.45, 2.75) is 45.3 Å². The van der Waals surface area contributed by atoms with Gasteiger partial charge in [-0.25, -0.2) is 4.98 Å². The number of H-pyrrole nitrogens is 1. The summed E-state index contributed by atoms with van der Waals surface area (Å²) in [6.07, 6.45) is -0.458. The van der Waals surface area contributed by atoms with Gasteiger partial charge in [-0.15, -0.1) is 5.10 Å². The molecule has 1 amide bonds. The maximum Gasteiger partial charge on any atom is 0.453 e. The second-order valence-electron chi connectivity index (χ2n) is 5.07. The van der Waals surface area contributed by atoms with Crippen LogP contribution < -0.4 is 5.32 Å². The van der Waals surface area contributed by atoms with Gasteiger partial charge in [0, 0.05) is 5.92 Å². The smallest absolute Gasteiger partial charge is 0.349 e. The van der Waals surface area contributed by atoms with Crippen LogP contribution in [0.3, 0.4) is 0 Å². The summed E-state index contributed by atoms with van der Waals surface area (Å²) in [4.78, 5) is 15.1. The number of aromatic amines is 1. The Labute approximate surface area is 114 Å².